The molecule has 1 saturated heterocycles. The average Bonchev–Trinajstić information content (AvgIpc) is 2.83. The van der Waals surface area contributed by atoms with Gasteiger partial charge in [0.25, 0.3) is 0 Å². The lowest BCUT2D eigenvalue weighted by Crippen LogP contribution is -2.46. The molecule has 2 aliphatic rings. The SMILES string of the molecule is Cc1cccc(NC(=O)[C@H](C)N2C(=O)[C@@H]3CC=CC[C@H]3C2=O)c1C. The molecule has 1 aliphatic carbocycles. The van der Waals surface area contributed by atoms with Crippen molar-refractivity contribution in [1.29, 1.82) is 0 Å². The number of aryl methyl sites for hydroxylation is 1. The summed E-state index contributed by atoms with van der Waals surface area (Å²) in [5.41, 5.74) is 2.77. The van der Waals surface area contributed by atoms with Gasteiger partial charge in [-0.3, -0.25) is 19.3 Å². The molecule has 1 aliphatic heterocycles. The minimum Gasteiger partial charge on any atom is -0.324 e. The predicted octanol–water partition coefficient (Wildman–Crippen LogP) is 2.58. The summed E-state index contributed by atoms with van der Waals surface area (Å²) in [5.74, 6) is -1.40. The molecule has 0 radical (unpaired) electrons. The molecule has 0 aromatic heterocycles. The van der Waals surface area contributed by atoms with Crippen LogP contribution < -0.4 is 5.32 Å². The molecular weight excluding hydrogens is 304 g/mol. The number of carbonyl (C=O) groups is 3. The number of fused-ring (bicyclic) bond motifs is 1. The average molecular weight is 326 g/mol. The van der Waals surface area contributed by atoms with Crippen molar-refractivity contribution in [2.24, 2.45) is 11.8 Å². The van der Waals surface area contributed by atoms with Gasteiger partial charge in [-0.05, 0) is 50.8 Å². The van der Waals surface area contributed by atoms with E-state index in [4.69, 9.17) is 0 Å². The van der Waals surface area contributed by atoms with Gasteiger partial charge >= 0.3 is 0 Å². The number of imide groups is 1. The van der Waals surface area contributed by atoms with Crippen molar-refractivity contribution in [1.82, 2.24) is 4.90 Å². The van der Waals surface area contributed by atoms with Crippen LogP contribution in [0.15, 0.2) is 30.4 Å². The van der Waals surface area contributed by atoms with Crippen LogP contribution >= 0.6 is 0 Å². The van der Waals surface area contributed by atoms with Crippen molar-refractivity contribution in [3.8, 4) is 0 Å². The first kappa shape index (κ1) is 16.4. The van der Waals surface area contributed by atoms with E-state index >= 15 is 0 Å². The summed E-state index contributed by atoms with van der Waals surface area (Å²) in [5, 5.41) is 2.85. The van der Waals surface area contributed by atoms with Crippen LogP contribution in [0, 0.1) is 25.7 Å². The first-order valence-corrected chi connectivity index (χ1v) is 8.30. The zero-order valence-corrected chi connectivity index (χ0v) is 14.2. The molecule has 5 heteroatoms. The van der Waals surface area contributed by atoms with E-state index < -0.39 is 6.04 Å². The smallest absolute Gasteiger partial charge is 0.247 e. The van der Waals surface area contributed by atoms with Gasteiger partial charge in [0.15, 0.2) is 0 Å². The maximum Gasteiger partial charge on any atom is 0.247 e. The lowest BCUT2D eigenvalue weighted by atomic mass is 9.85. The third kappa shape index (κ3) is 2.64. The Bertz CT molecular complexity index is 712. The number of anilines is 1. The highest BCUT2D eigenvalue weighted by Gasteiger charge is 2.50. The molecule has 126 valence electrons. The number of nitrogens with zero attached hydrogens (tertiary/aromatic N) is 1. The second-order valence-corrected chi connectivity index (χ2v) is 6.61. The fourth-order valence-electron chi connectivity index (χ4n) is 3.45. The zero-order valence-electron chi connectivity index (χ0n) is 14.2. The zero-order chi connectivity index (χ0) is 17.4. The molecule has 1 N–H and O–H groups in total. The van der Waals surface area contributed by atoms with E-state index in [0.717, 1.165) is 16.0 Å². The number of hydrogen-bond donors (Lipinski definition) is 1. The van der Waals surface area contributed by atoms with Gasteiger partial charge in [-0.1, -0.05) is 24.3 Å². The Kier molecular flexibility index (Phi) is 4.26. The number of likely N-dealkylation sites (tertiary alicyclic amines) is 1. The quantitative estimate of drug-likeness (QED) is 0.686. The van der Waals surface area contributed by atoms with Crippen LogP contribution in [0.4, 0.5) is 5.69 Å². The Morgan fingerprint density at radius 2 is 1.71 bits per heavy atom. The number of allylic oxidation sites excluding steroid dienone is 2. The fourth-order valence-corrected chi connectivity index (χ4v) is 3.45. The Morgan fingerprint density at radius 1 is 1.12 bits per heavy atom. The number of benzene rings is 1. The molecule has 5 nitrogen and oxygen atoms in total. The molecule has 1 aromatic rings. The molecule has 3 amide bonds. The van der Waals surface area contributed by atoms with Gasteiger partial charge in [0.05, 0.1) is 11.8 Å². The van der Waals surface area contributed by atoms with Gasteiger partial charge < -0.3 is 5.32 Å². The molecule has 1 aromatic carbocycles. The van der Waals surface area contributed by atoms with E-state index in [1.165, 1.54) is 0 Å². The highest BCUT2D eigenvalue weighted by atomic mass is 16.2. The number of rotatable bonds is 3. The summed E-state index contributed by atoms with van der Waals surface area (Å²) >= 11 is 0. The predicted molar refractivity (Wildman–Crippen MR) is 91.2 cm³/mol. The monoisotopic (exact) mass is 326 g/mol. The molecule has 0 saturated carbocycles. The Balaban J connectivity index is 1.77. The molecule has 0 bridgehead atoms. The summed E-state index contributed by atoms with van der Waals surface area (Å²) in [7, 11) is 0. The van der Waals surface area contributed by atoms with Crippen molar-refractivity contribution < 1.29 is 14.4 Å². The van der Waals surface area contributed by atoms with Gasteiger partial charge in [0.2, 0.25) is 17.7 Å². The number of amides is 3. The molecule has 3 atom stereocenters. The summed E-state index contributed by atoms with van der Waals surface area (Å²) in [4.78, 5) is 38.9. The van der Waals surface area contributed by atoms with Gasteiger partial charge in [0, 0.05) is 5.69 Å². The second kappa shape index (κ2) is 6.23. The summed E-state index contributed by atoms with van der Waals surface area (Å²) in [6.07, 6.45) is 5.04. The standard InChI is InChI=1S/C19H22N2O3/c1-11-7-6-10-16(12(11)2)20-17(22)13(3)21-18(23)14-8-4-5-9-15(14)19(21)24/h4-7,10,13-15H,8-9H2,1-3H3,(H,20,22)/t13-,14+,15+/m0/s1. The summed E-state index contributed by atoms with van der Waals surface area (Å²) in [6, 6.07) is 4.86. The first-order valence-electron chi connectivity index (χ1n) is 8.30. The van der Waals surface area contributed by atoms with E-state index in [2.05, 4.69) is 5.32 Å². The number of nitrogens with one attached hydrogen (secondary N) is 1. The van der Waals surface area contributed by atoms with Gasteiger partial charge in [0.1, 0.15) is 6.04 Å². The lowest BCUT2D eigenvalue weighted by Gasteiger charge is -2.23. The third-order valence-electron chi connectivity index (χ3n) is 5.17. The maximum absolute atomic E-state index is 12.6. The van der Waals surface area contributed by atoms with Crippen LogP contribution in [0.5, 0.6) is 0 Å². The van der Waals surface area contributed by atoms with E-state index in [0.29, 0.717) is 18.5 Å². The summed E-state index contributed by atoms with van der Waals surface area (Å²) < 4.78 is 0. The van der Waals surface area contributed by atoms with Crippen LogP contribution in [-0.2, 0) is 14.4 Å². The third-order valence-corrected chi connectivity index (χ3v) is 5.17. The minimum absolute atomic E-state index is 0.224. The van der Waals surface area contributed by atoms with E-state index in [1.807, 2.05) is 44.2 Å². The fraction of sp³-hybridized carbons (Fsp3) is 0.421. The molecule has 0 unspecified atom stereocenters. The van der Waals surface area contributed by atoms with E-state index in [9.17, 15) is 14.4 Å². The van der Waals surface area contributed by atoms with Crippen LogP contribution in [0.3, 0.4) is 0 Å². The molecule has 0 spiro atoms. The van der Waals surface area contributed by atoms with E-state index in [-0.39, 0.29) is 29.6 Å². The number of carbonyl (C=O) groups excluding carboxylic acids is 3. The van der Waals surface area contributed by atoms with Crippen molar-refractivity contribution in [3.63, 3.8) is 0 Å². The highest BCUT2D eigenvalue weighted by molar-refractivity contribution is 6.10. The van der Waals surface area contributed by atoms with Crippen LogP contribution in [0.25, 0.3) is 0 Å². The van der Waals surface area contributed by atoms with Crippen molar-refractivity contribution >= 4 is 23.4 Å². The van der Waals surface area contributed by atoms with E-state index in [1.54, 1.807) is 6.92 Å². The van der Waals surface area contributed by atoms with Crippen molar-refractivity contribution in [2.75, 3.05) is 5.32 Å². The Morgan fingerprint density at radius 3 is 2.29 bits per heavy atom. The van der Waals surface area contributed by atoms with Gasteiger partial charge in [-0.15, -0.1) is 0 Å². The molecular formula is C19H22N2O3. The minimum atomic E-state index is -0.810. The molecule has 3 rings (SSSR count). The van der Waals surface area contributed by atoms with Crippen LogP contribution in [0.2, 0.25) is 0 Å². The number of hydrogen-bond acceptors (Lipinski definition) is 3. The largest absolute Gasteiger partial charge is 0.324 e. The normalized spacial score (nSPS) is 24.0. The van der Waals surface area contributed by atoms with Crippen LogP contribution in [-0.4, -0.2) is 28.7 Å². The second-order valence-electron chi connectivity index (χ2n) is 6.61. The Labute approximate surface area is 141 Å². The molecule has 1 heterocycles. The molecule has 24 heavy (non-hydrogen) atoms. The van der Waals surface area contributed by atoms with Crippen molar-refractivity contribution in [3.05, 3.63) is 41.5 Å². The van der Waals surface area contributed by atoms with Crippen LogP contribution in [0.1, 0.15) is 30.9 Å². The van der Waals surface area contributed by atoms with Crippen molar-refractivity contribution in [2.45, 2.75) is 39.7 Å². The van der Waals surface area contributed by atoms with Gasteiger partial charge in [-0.2, -0.15) is 0 Å². The maximum atomic E-state index is 12.6. The highest BCUT2D eigenvalue weighted by Crippen LogP contribution is 2.36. The van der Waals surface area contributed by atoms with Gasteiger partial charge in [-0.25, -0.2) is 0 Å². The first-order chi connectivity index (χ1) is 11.4. The lowest BCUT2D eigenvalue weighted by molar-refractivity contribution is -0.146. The topological polar surface area (TPSA) is 66.5 Å². The summed E-state index contributed by atoms with van der Waals surface area (Å²) in [6.45, 7) is 5.52. The Hall–Kier alpha value is -2.43. The molecule has 1 fully saturated rings.